The third kappa shape index (κ3) is 3.75. The average molecular weight is 264 g/mol. The van der Waals surface area contributed by atoms with Gasteiger partial charge >= 0.3 is 0 Å². The summed E-state index contributed by atoms with van der Waals surface area (Å²) in [6, 6.07) is 6.94. The Labute approximate surface area is 113 Å². The van der Waals surface area contributed by atoms with E-state index >= 15 is 0 Å². The molecule has 1 aliphatic rings. The number of para-hydroxylation sites is 1. The van der Waals surface area contributed by atoms with E-state index in [1.165, 1.54) is 0 Å². The number of nitro benzene ring substituents is 1. The smallest absolute Gasteiger partial charge is 0.272 e. The summed E-state index contributed by atoms with van der Waals surface area (Å²) < 4.78 is 5.35. The summed E-state index contributed by atoms with van der Waals surface area (Å²) >= 11 is 0. The normalized spacial score (nSPS) is 18.2. The van der Waals surface area contributed by atoms with Crippen LogP contribution in [0.5, 0.6) is 0 Å². The fourth-order valence-electron chi connectivity index (χ4n) is 2.40. The van der Waals surface area contributed by atoms with Crippen LogP contribution in [0, 0.1) is 10.1 Å². The van der Waals surface area contributed by atoms with Crippen molar-refractivity contribution in [3.05, 3.63) is 39.9 Å². The standard InChI is InChI=1S/C14H20N2O3/c1-14(7-10-19-11-8-14)15-9-6-12-4-2-3-5-13(12)16(17)18/h2-5,15H,6-11H2,1H3. The number of rotatable bonds is 5. The van der Waals surface area contributed by atoms with E-state index < -0.39 is 0 Å². The van der Waals surface area contributed by atoms with Crippen molar-refractivity contribution in [2.24, 2.45) is 0 Å². The summed E-state index contributed by atoms with van der Waals surface area (Å²) in [5.41, 5.74) is 1.10. The first-order chi connectivity index (χ1) is 9.11. The number of hydrogen-bond donors (Lipinski definition) is 1. The minimum absolute atomic E-state index is 0.0990. The van der Waals surface area contributed by atoms with Crippen LogP contribution in [0.15, 0.2) is 24.3 Å². The van der Waals surface area contributed by atoms with E-state index in [1.807, 2.05) is 12.1 Å². The van der Waals surface area contributed by atoms with E-state index in [1.54, 1.807) is 12.1 Å². The van der Waals surface area contributed by atoms with Crippen LogP contribution in [-0.4, -0.2) is 30.2 Å². The third-order valence-corrected chi connectivity index (χ3v) is 3.73. The topological polar surface area (TPSA) is 64.4 Å². The Morgan fingerprint density at radius 2 is 2.05 bits per heavy atom. The Morgan fingerprint density at radius 1 is 1.37 bits per heavy atom. The molecular formula is C14H20N2O3. The highest BCUT2D eigenvalue weighted by molar-refractivity contribution is 5.39. The summed E-state index contributed by atoms with van der Waals surface area (Å²) in [6.07, 6.45) is 2.65. The molecule has 1 aliphatic heterocycles. The summed E-state index contributed by atoms with van der Waals surface area (Å²) in [4.78, 5) is 10.6. The van der Waals surface area contributed by atoms with E-state index in [-0.39, 0.29) is 16.1 Å². The monoisotopic (exact) mass is 264 g/mol. The van der Waals surface area contributed by atoms with E-state index in [0.717, 1.165) is 38.2 Å². The highest BCUT2D eigenvalue weighted by Crippen LogP contribution is 2.21. The fourth-order valence-corrected chi connectivity index (χ4v) is 2.40. The van der Waals surface area contributed by atoms with Crippen molar-refractivity contribution in [3.63, 3.8) is 0 Å². The lowest BCUT2D eigenvalue weighted by Gasteiger charge is -2.34. The summed E-state index contributed by atoms with van der Waals surface area (Å²) in [7, 11) is 0. The van der Waals surface area contributed by atoms with Crippen molar-refractivity contribution in [1.29, 1.82) is 0 Å². The molecule has 0 atom stereocenters. The number of benzene rings is 1. The van der Waals surface area contributed by atoms with Crippen molar-refractivity contribution >= 4 is 5.69 Å². The molecule has 19 heavy (non-hydrogen) atoms. The Balaban J connectivity index is 1.90. The lowest BCUT2D eigenvalue weighted by Crippen LogP contribution is -2.47. The molecule has 0 spiro atoms. The second-order valence-corrected chi connectivity index (χ2v) is 5.24. The Morgan fingerprint density at radius 3 is 2.74 bits per heavy atom. The van der Waals surface area contributed by atoms with Gasteiger partial charge in [-0.1, -0.05) is 18.2 Å². The molecule has 1 aromatic carbocycles. The Kier molecular flexibility index (Phi) is 4.50. The van der Waals surface area contributed by atoms with Crippen LogP contribution in [0.3, 0.4) is 0 Å². The molecule has 0 aromatic heterocycles. The van der Waals surface area contributed by atoms with Gasteiger partial charge in [-0.2, -0.15) is 0 Å². The maximum Gasteiger partial charge on any atom is 0.272 e. The third-order valence-electron chi connectivity index (χ3n) is 3.73. The predicted octanol–water partition coefficient (Wildman–Crippen LogP) is 2.30. The zero-order chi connectivity index (χ0) is 13.7. The van der Waals surface area contributed by atoms with Crippen LogP contribution >= 0.6 is 0 Å². The summed E-state index contributed by atoms with van der Waals surface area (Å²) in [6.45, 7) is 4.51. The number of hydrogen-bond acceptors (Lipinski definition) is 4. The molecule has 0 aliphatic carbocycles. The van der Waals surface area contributed by atoms with Crippen LogP contribution in [0.1, 0.15) is 25.3 Å². The first-order valence-corrected chi connectivity index (χ1v) is 6.66. The van der Waals surface area contributed by atoms with Gasteiger partial charge in [-0.25, -0.2) is 0 Å². The SMILES string of the molecule is CC1(NCCc2ccccc2[N+](=O)[O-])CCOCC1. The lowest BCUT2D eigenvalue weighted by atomic mass is 9.92. The zero-order valence-corrected chi connectivity index (χ0v) is 11.2. The maximum absolute atomic E-state index is 10.9. The minimum Gasteiger partial charge on any atom is -0.381 e. The molecule has 1 aromatic rings. The number of ether oxygens (including phenoxy) is 1. The lowest BCUT2D eigenvalue weighted by molar-refractivity contribution is -0.385. The molecule has 0 unspecified atom stereocenters. The molecular weight excluding hydrogens is 244 g/mol. The van der Waals surface area contributed by atoms with Crippen LogP contribution < -0.4 is 5.32 Å². The van der Waals surface area contributed by atoms with E-state index in [2.05, 4.69) is 12.2 Å². The van der Waals surface area contributed by atoms with Gasteiger partial charge in [-0.15, -0.1) is 0 Å². The quantitative estimate of drug-likeness (QED) is 0.654. The minimum atomic E-state index is -0.314. The van der Waals surface area contributed by atoms with Gasteiger partial charge in [-0.05, 0) is 32.7 Å². The van der Waals surface area contributed by atoms with Crippen molar-refractivity contribution < 1.29 is 9.66 Å². The summed E-state index contributed by atoms with van der Waals surface area (Å²) in [5, 5.41) is 14.4. The maximum atomic E-state index is 10.9. The largest absolute Gasteiger partial charge is 0.381 e. The van der Waals surface area contributed by atoms with Gasteiger partial charge in [0.15, 0.2) is 0 Å². The molecule has 1 fully saturated rings. The van der Waals surface area contributed by atoms with E-state index in [9.17, 15) is 10.1 Å². The second kappa shape index (κ2) is 6.12. The average Bonchev–Trinajstić information content (AvgIpc) is 2.40. The van der Waals surface area contributed by atoms with Gasteiger partial charge in [0.1, 0.15) is 0 Å². The highest BCUT2D eigenvalue weighted by atomic mass is 16.6. The highest BCUT2D eigenvalue weighted by Gasteiger charge is 2.26. The molecule has 5 heteroatoms. The molecule has 1 heterocycles. The van der Waals surface area contributed by atoms with Gasteiger partial charge in [-0.3, -0.25) is 10.1 Å². The molecule has 104 valence electrons. The molecule has 1 N–H and O–H groups in total. The van der Waals surface area contributed by atoms with Crippen molar-refractivity contribution in [2.45, 2.75) is 31.7 Å². The van der Waals surface area contributed by atoms with Gasteiger partial charge < -0.3 is 10.1 Å². The number of nitro groups is 1. The molecule has 0 radical (unpaired) electrons. The van der Waals surface area contributed by atoms with Crippen LogP contribution in [0.2, 0.25) is 0 Å². The van der Waals surface area contributed by atoms with Crippen LogP contribution in [-0.2, 0) is 11.2 Å². The van der Waals surface area contributed by atoms with Crippen molar-refractivity contribution in [1.82, 2.24) is 5.32 Å². The zero-order valence-electron chi connectivity index (χ0n) is 11.2. The van der Waals surface area contributed by atoms with Crippen LogP contribution in [0.4, 0.5) is 5.69 Å². The first-order valence-electron chi connectivity index (χ1n) is 6.66. The van der Waals surface area contributed by atoms with Gasteiger partial charge in [0.2, 0.25) is 0 Å². The molecule has 0 bridgehead atoms. The van der Waals surface area contributed by atoms with Crippen LogP contribution in [0.25, 0.3) is 0 Å². The fraction of sp³-hybridized carbons (Fsp3) is 0.571. The molecule has 0 amide bonds. The molecule has 0 saturated carbocycles. The summed E-state index contributed by atoms with van der Waals surface area (Å²) in [5.74, 6) is 0. The molecule has 5 nitrogen and oxygen atoms in total. The van der Waals surface area contributed by atoms with E-state index in [4.69, 9.17) is 4.74 Å². The first kappa shape index (κ1) is 14.0. The van der Waals surface area contributed by atoms with Crippen molar-refractivity contribution in [3.8, 4) is 0 Å². The number of nitrogens with zero attached hydrogens (tertiary/aromatic N) is 1. The second-order valence-electron chi connectivity index (χ2n) is 5.24. The van der Waals surface area contributed by atoms with Crippen molar-refractivity contribution in [2.75, 3.05) is 19.8 Å². The molecule has 1 saturated heterocycles. The van der Waals surface area contributed by atoms with E-state index in [0.29, 0.717) is 6.42 Å². The predicted molar refractivity (Wildman–Crippen MR) is 73.3 cm³/mol. The Hall–Kier alpha value is -1.46. The number of nitrogens with one attached hydrogen (secondary N) is 1. The van der Waals surface area contributed by atoms with Gasteiger partial charge in [0.25, 0.3) is 5.69 Å². The molecule has 2 rings (SSSR count). The Bertz CT molecular complexity index is 442. The van der Waals surface area contributed by atoms with Gasteiger partial charge in [0, 0.05) is 30.4 Å². The van der Waals surface area contributed by atoms with Gasteiger partial charge in [0.05, 0.1) is 4.92 Å².